The van der Waals surface area contributed by atoms with Gasteiger partial charge >= 0.3 is 0 Å². The van der Waals surface area contributed by atoms with E-state index < -0.39 is 0 Å². The third-order valence-electron chi connectivity index (χ3n) is 3.19. The lowest BCUT2D eigenvalue weighted by Gasteiger charge is -2.21. The first-order valence-electron chi connectivity index (χ1n) is 5.34. The van der Waals surface area contributed by atoms with Gasteiger partial charge in [0.1, 0.15) is 0 Å². The van der Waals surface area contributed by atoms with Crippen molar-refractivity contribution in [3.8, 4) is 6.07 Å². The molecule has 3 heteroatoms. The van der Waals surface area contributed by atoms with Gasteiger partial charge in [-0.1, -0.05) is 0 Å². The van der Waals surface area contributed by atoms with E-state index in [0.717, 1.165) is 19.5 Å². The molecule has 2 unspecified atom stereocenters. The number of aromatic nitrogens is 1. The van der Waals surface area contributed by atoms with E-state index >= 15 is 0 Å². The number of rotatable bonds is 2. The van der Waals surface area contributed by atoms with Gasteiger partial charge < -0.3 is 0 Å². The summed E-state index contributed by atoms with van der Waals surface area (Å²) in [7, 11) is 0. The second-order valence-electron chi connectivity index (χ2n) is 4.09. The minimum atomic E-state index is 0.201. The minimum absolute atomic E-state index is 0.201. The monoisotopic (exact) mass is 201 g/mol. The summed E-state index contributed by atoms with van der Waals surface area (Å²) in [5.41, 5.74) is 1.27. The third kappa shape index (κ3) is 2.16. The van der Waals surface area contributed by atoms with Crippen LogP contribution in [-0.4, -0.2) is 22.5 Å². The normalized spacial score (nSPS) is 26.4. The molecule has 0 amide bonds. The molecule has 2 rings (SSSR count). The van der Waals surface area contributed by atoms with Crippen LogP contribution in [0.2, 0.25) is 0 Å². The van der Waals surface area contributed by atoms with E-state index in [-0.39, 0.29) is 5.92 Å². The van der Waals surface area contributed by atoms with E-state index in [9.17, 15) is 0 Å². The molecule has 0 spiro atoms. The van der Waals surface area contributed by atoms with Crippen LogP contribution in [0.5, 0.6) is 0 Å². The summed E-state index contributed by atoms with van der Waals surface area (Å²) < 4.78 is 0. The lowest BCUT2D eigenvalue weighted by molar-refractivity contribution is 0.247. The van der Waals surface area contributed by atoms with Gasteiger partial charge in [-0.05, 0) is 31.0 Å². The smallest absolute Gasteiger partial charge is 0.0672 e. The molecule has 1 aromatic rings. The van der Waals surface area contributed by atoms with Gasteiger partial charge in [0.15, 0.2) is 0 Å². The van der Waals surface area contributed by atoms with Gasteiger partial charge in [0.2, 0.25) is 0 Å². The zero-order valence-corrected chi connectivity index (χ0v) is 8.93. The van der Waals surface area contributed by atoms with Crippen molar-refractivity contribution in [3.05, 3.63) is 30.1 Å². The second kappa shape index (κ2) is 4.41. The Morgan fingerprint density at radius 1 is 1.53 bits per heavy atom. The van der Waals surface area contributed by atoms with E-state index in [1.54, 1.807) is 0 Å². The van der Waals surface area contributed by atoms with Gasteiger partial charge in [-0.15, -0.1) is 0 Å². The standard InChI is InChI=1S/C12H15N3/c1-10-12(8-13)4-7-15(10)9-11-2-5-14-6-3-11/h2-3,5-6,10,12H,4,7,9H2,1H3. The Morgan fingerprint density at radius 3 is 2.87 bits per heavy atom. The van der Waals surface area contributed by atoms with Crippen LogP contribution in [0.4, 0.5) is 0 Å². The van der Waals surface area contributed by atoms with Crippen molar-refractivity contribution in [2.24, 2.45) is 5.92 Å². The third-order valence-corrected chi connectivity index (χ3v) is 3.19. The maximum Gasteiger partial charge on any atom is 0.0672 e. The number of nitrogens with zero attached hydrogens (tertiary/aromatic N) is 3. The van der Waals surface area contributed by atoms with Crippen LogP contribution in [0.15, 0.2) is 24.5 Å². The van der Waals surface area contributed by atoms with Crippen LogP contribution in [-0.2, 0) is 6.54 Å². The quantitative estimate of drug-likeness (QED) is 0.732. The van der Waals surface area contributed by atoms with Gasteiger partial charge in [-0.2, -0.15) is 5.26 Å². The van der Waals surface area contributed by atoms with Crippen molar-refractivity contribution in [3.63, 3.8) is 0 Å². The molecule has 0 bridgehead atoms. The predicted molar refractivity (Wildman–Crippen MR) is 57.8 cm³/mol. The molecule has 1 aliphatic heterocycles. The average Bonchev–Trinajstić information content (AvgIpc) is 2.62. The molecule has 0 N–H and O–H groups in total. The Morgan fingerprint density at radius 2 is 2.27 bits per heavy atom. The van der Waals surface area contributed by atoms with Crippen LogP contribution in [0, 0.1) is 17.2 Å². The largest absolute Gasteiger partial charge is 0.295 e. The Labute approximate surface area is 90.4 Å². The first-order chi connectivity index (χ1) is 7.31. The summed E-state index contributed by atoms with van der Waals surface area (Å²) in [4.78, 5) is 6.36. The van der Waals surface area contributed by atoms with Crippen molar-refractivity contribution in [1.82, 2.24) is 9.88 Å². The molecular formula is C12H15N3. The van der Waals surface area contributed by atoms with Gasteiger partial charge in [0.05, 0.1) is 12.0 Å². The number of nitriles is 1. The summed E-state index contributed by atoms with van der Waals surface area (Å²) in [6.07, 6.45) is 4.64. The average molecular weight is 201 g/mol. The molecule has 2 heterocycles. The molecule has 15 heavy (non-hydrogen) atoms. The molecule has 1 aromatic heterocycles. The fourth-order valence-corrected chi connectivity index (χ4v) is 2.12. The molecular weight excluding hydrogens is 186 g/mol. The van der Waals surface area contributed by atoms with Gasteiger partial charge in [0, 0.05) is 31.5 Å². The Hall–Kier alpha value is -1.40. The summed E-state index contributed by atoms with van der Waals surface area (Å²) in [5, 5.41) is 8.93. The summed E-state index contributed by atoms with van der Waals surface area (Å²) in [6.45, 7) is 4.10. The highest BCUT2D eigenvalue weighted by atomic mass is 15.2. The highest BCUT2D eigenvalue weighted by Crippen LogP contribution is 2.24. The lowest BCUT2D eigenvalue weighted by atomic mass is 10.0. The first-order valence-corrected chi connectivity index (χ1v) is 5.34. The molecule has 1 fully saturated rings. The number of hydrogen-bond donors (Lipinski definition) is 0. The topological polar surface area (TPSA) is 39.9 Å². The minimum Gasteiger partial charge on any atom is -0.295 e. The summed E-state index contributed by atoms with van der Waals surface area (Å²) in [5.74, 6) is 0.201. The van der Waals surface area contributed by atoms with Crippen LogP contribution in [0.1, 0.15) is 18.9 Å². The molecule has 0 aliphatic carbocycles. The summed E-state index contributed by atoms with van der Waals surface area (Å²) in [6, 6.07) is 6.82. The van der Waals surface area contributed by atoms with Crippen molar-refractivity contribution < 1.29 is 0 Å². The molecule has 2 atom stereocenters. The first kappa shape index (κ1) is 10.1. The van der Waals surface area contributed by atoms with E-state index in [1.165, 1.54) is 5.56 Å². The molecule has 1 aliphatic rings. The Kier molecular flexibility index (Phi) is 2.98. The molecule has 1 saturated heterocycles. The fraction of sp³-hybridized carbons (Fsp3) is 0.500. The highest BCUT2D eigenvalue weighted by molar-refractivity contribution is 5.10. The molecule has 3 nitrogen and oxygen atoms in total. The second-order valence-corrected chi connectivity index (χ2v) is 4.09. The van der Waals surface area contributed by atoms with E-state index in [0.29, 0.717) is 6.04 Å². The maximum absolute atomic E-state index is 8.93. The van der Waals surface area contributed by atoms with Gasteiger partial charge in [0.25, 0.3) is 0 Å². The van der Waals surface area contributed by atoms with Crippen molar-refractivity contribution in [1.29, 1.82) is 5.26 Å². The highest BCUT2D eigenvalue weighted by Gasteiger charge is 2.30. The van der Waals surface area contributed by atoms with Crippen molar-refractivity contribution in [2.75, 3.05) is 6.54 Å². The number of pyridine rings is 1. The number of likely N-dealkylation sites (tertiary alicyclic amines) is 1. The zero-order chi connectivity index (χ0) is 10.7. The number of hydrogen-bond acceptors (Lipinski definition) is 3. The molecule has 0 radical (unpaired) electrons. The van der Waals surface area contributed by atoms with Crippen LogP contribution in [0.25, 0.3) is 0 Å². The Bertz CT molecular complexity index is 355. The zero-order valence-electron chi connectivity index (χ0n) is 8.93. The summed E-state index contributed by atoms with van der Waals surface area (Å²) >= 11 is 0. The van der Waals surface area contributed by atoms with Crippen LogP contribution < -0.4 is 0 Å². The molecule has 78 valence electrons. The SMILES string of the molecule is CC1C(C#N)CCN1Cc1ccncc1. The fourth-order valence-electron chi connectivity index (χ4n) is 2.12. The van der Waals surface area contributed by atoms with Crippen LogP contribution >= 0.6 is 0 Å². The lowest BCUT2D eigenvalue weighted by Crippen LogP contribution is -2.29. The van der Waals surface area contributed by atoms with Crippen molar-refractivity contribution in [2.45, 2.75) is 25.9 Å². The Balaban J connectivity index is 2.00. The van der Waals surface area contributed by atoms with Crippen LogP contribution in [0.3, 0.4) is 0 Å². The van der Waals surface area contributed by atoms with E-state index in [1.807, 2.05) is 24.5 Å². The van der Waals surface area contributed by atoms with E-state index in [2.05, 4.69) is 22.9 Å². The maximum atomic E-state index is 8.93. The molecule has 0 aromatic carbocycles. The van der Waals surface area contributed by atoms with Crippen molar-refractivity contribution >= 4 is 0 Å². The van der Waals surface area contributed by atoms with E-state index in [4.69, 9.17) is 5.26 Å². The van der Waals surface area contributed by atoms with Gasteiger partial charge in [-0.25, -0.2) is 0 Å². The van der Waals surface area contributed by atoms with Gasteiger partial charge in [-0.3, -0.25) is 9.88 Å². The predicted octanol–water partition coefficient (Wildman–Crippen LogP) is 1.82. The molecule has 0 saturated carbocycles.